The highest BCUT2D eigenvalue weighted by Crippen LogP contribution is 2.24. The third-order valence-corrected chi connectivity index (χ3v) is 4.34. The zero-order valence-corrected chi connectivity index (χ0v) is 15.1. The molecule has 2 aromatic carbocycles. The van der Waals surface area contributed by atoms with Crippen LogP contribution in [-0.2, 0) is 0 Å². The Labute approximate surface area is 151 Å². The summed E-state index contributed by atoms with van der Waals surface area (Å²) in [7, 11) is 0. The molecule has 0 fully saturated rings. The van der Waals surface area contributed by atoms with Crippen LogP contribution in [0.15, 0.2) is 61.2 Å². The van der Waals surface area contributed by atoms with Crippen molar-refractivity contribution in [3.8, 4) is 22.9 Å². The fourth-order valence-corrected chi connectivity index (χ4v) is 2.81. The lowest BCUT2D eigenvalue weighted by Crippen LogP contribution is -2.12. The van der Waals surface area contributed by atoms with Gasteiger partial charge in [-0.25, -0.2) is 0 Å². The van der Waals surface area contributed by atoms with E-state index in [9.17, 15) is 0 Å². The molecule has 2 heteroatoms. The number of hydrogen-bond acceptors (Lipinski definition) is 2. The standard InChI is InChI=1S/C23H27NO/c1-3-5-6-7-8-9-22(4-2)25-23-16-14-21(15-17-23)20-12-10-19(18-24)11-13-20/h4,10-17,22H,2-3,5-9H2,1H3. The summed E-state index contributed by atoms with van der Waals surface area (Å²) < 4.78 is 6.04. The number of unbranched alkanes of at least 4 members (excludes halogenated alkanes) is 4. The maximum absolute atomic E-state index is 8.87. The van der Waals surface area contributed by atoms with Gasteiger partial charge < -0.3 is 4.74 Å². The van der Waals surface area contributed by atoms with Crippen LogP contribution in [-0.4, -0.2) is 6.10 Å². The van der Waals surface area contributed by atoms with Crippen molar-refractivity contribution in [1.82, 2.24) is 0 Å². The van der Waals surface area contributed by atoms with Crippen LogP contribution in [0.1, 0.15) is 51.0 Å². The lowest BCUT2D eigenvalue weighted by Gasteiger charge is -2.16. The first-order valence-corrected chi connectivity index (χ1v) is 9.16. The summed E-state index contributed by atoms with van der Waals surface area (Å²) >= 11 is 0. The molecule has 1 atom stereocenters. The Balaban J connectivity index is 1.89. The third-order valence-electron chi connectivity index (χ3n) is 4.34. The van der Waals surface area contributed by atoms with Crippen LogP contribution in [0, 0.1) is 11.3 Å². The third kappa shape index (κ3) is 6.12. The van der Waals surface area contributed by atoms with E-state index in [-0.39, 0.29) is 6.10 Å². The maximum atomic E-state index is 8.87. The average Bonchev–Trinajstić information content (AvgIpc) is 2.67. The lowest BCUT2D eigenvalue weighted by molar-refractivity contribution is 0.234. The number of hydrogen-bond donors (Lipinski definition) is 0. The molecule has 2 nitrogen and oxygen atoms in total. The zero-order valence-electron chi connectivity index (χ0n) is 15.1. The quantitative estimate of drug-likeness (QED) is 0.366. The smallest absolute Gasteiger partial charge is 0.120 e. The highest BCUT2D eigenvalue weighted by atomic mass is 16.5. The van der Waals surface area contributed by atoms with Crippen LogP contribution in [0.5, 0.6) is 5.75 Å². The SMILES string of the molecule is C=CC(CCCCCCC)Oc1ccc(-c2ccc(C#N)cc2)cc1. The van der Waals surface area contributed by atoms with E-state index in [2.05, 4.69) is 31.7 Å². The van der Waals surface area contributed by atoms with E-state index in [4.69, 9.17) is 10.00 Å². The highest BCUT2D eigenvalue weighted by molar-refractivity contribution is 5.64. The van der Waals surface area contributed by atoms with Gasteiger partial charge in [0.25, 0.3) is 0 Å². The fourth-order valence-electron chi connectivity index (χ4n) is 2.81. The van der Waals surface area contributed by atoms with Crippen molar-refractivity contribution in [2.45, 2.75) is 51.6 Å². The minimum absolute atomic E-state index is 0.0717. The number of benzene rings is 2. The van der Waals surface area contributed by atoms with Crippen LogP contribution in [0.2, 0.25) is 0 Å². The van der Waals surface area contributed by atoms with Gasteiger partial charge in [0.05, 0.1) is 11.6 Å². The van der Waals surface area contributed by atoms with Gasteiger partial charge in [0.2, 0.25) is 0 Å². The highest BCUT2D eigenvalue weighted by Gasteiger charge is 2.06. The maximum Gasteiger partial charge on any atom is 0.120 e. The lowest BCUT2D eigenvalue weighted by atomic mass is 10.0. The molecule has 1 unspecified atom stereocenters. The van der Waals surface area contributed by atoms with Crippen molar-refractivity contribution < 1.29 is 4.74 Å². The minimum atomic E-state index is 0.0717. The molecule has 2 aromatic rings. The molecule has 0 bridgehead atoms. The Morgan fingerprint density at radius 3 is 2.12 bits per heavy atom. The van der Waals surface area contributed by atoms with Crippen LogP contribution in [0.25, 0.3) is 11.1 Å². The van der Waals surface area contributed by atoms with Crippen molar-refractivity contribution in [2.75, 3.05) is 0 Å². The molecule has 25 heavy (non-hydrogen) atoms. The number of ether oxygens (including phenoxy) is 1. The van der Waals surface area contributed by atoms with Crippen molar-refractivity contribution in [3.63, 3.8) is 0 Å². The van der Waals surface area contributed by atoms with Crippen molar-refractivity contribution in [2.24, 2.45) is 0 Å². The molecule has 2 rings (SSSR count). The first-order chi connectivity index (χ1) is 12.3. The molecule has 0 aromatic heterocycles. The molecule has 0 aliphatic rings. The van der Waals surface area contributed by atoms with E-state index >= 15 is 0 Å². The summed E-state index contributed by atoms with van der Waals surface area (Å²) in [5.41, 5.74) is 2.89. The van der Waals surface area contributed by atoms with E-state index in [1.54, 1.807) is 0 Å². The van der Waals surface area contributed by atoms with Gasteiger partial charge in [-0.2, -0.15) is 5.26 Å². The second kappa shape index (κ2) is 10.4. The van der Waals surface area contributed by atoms with Gasteiger partial charge in [0.1, 0.15) is 11.9 Å². The molecule has 0 radical (unpaired) electrons. The molecule has 0 saturated heterocycles. The largest absolute Gasteiger partial charge is 0.486 e. The van der Waals surface area contributed by atoms with Gasteiger partial charge in [-0.3, -0.25) is 0 Å². The normalized spacial score (nSPS) is 11.5. The van der Waals surface area contributed by atoms with Gasteiger partial charge in [-0.15, -0.1) is 0 Å². The molecule has 0 heterocycles. The van der Waals surface area contributed by atoms with Crippen LogP contribution in [0.4, 0.5) is 0 Å². The Morgan fingerprint density at radius 1 is 0.960 bits per heavy atom. The summed E-state index contributed by atoms with van der Waals surface area (Å²) in [6, 6.07) is 17.9. The van der Waals surface area contributed by atoms with Gasteiger partial charge in [0, 0.05) is 0 Å². The van der Waals surface area contributed by atoms with E-state index < -0.39 is 0 Å². The summed E-state index contributed by atoms with van der Waals surface area (Å²) in [5.74, 6) is 0.871. The van der Waals surface area contributed by atoms with Crippen LogP contribution < -0.4 is 4.74 Å². The number of nitrogens with zero attached hydrogens (tertiary/aromatic N) is 1. The molecular weight excluding hydrogens is 306 g/mol. The Bertz CT molecular complexity index is 680. The van der Waals surface area contributed by atoms with E-state index in [0.717, 1.165) is 23.3 Å². The van der Waals surface area contributed by atoms with Crippen molar-refractivity contribution in [1.29, 1.82) is 5.26 Å². The summed E-state index contributed by atoms with van der Waals surface area (Å²) in [5, 5.41) is 8.87. The number of nitriles is 1. The van der Waals surface area contributed by atoms with Gasteiger partial charge in [-0.05, 0) is 48.2 Å². The zero-order chi connectivity index (χ0) is 17.9. The molecular formula is C23H27NO. The van der Waals surface area contributed by atoms with Crippen LogP contribution >= 0.6 is 0 Å². The molecule has 0 aliphatic carbocycles. The molecule has 0 saturated carbocycles. The number of rotatable bonds is 10. The second-order valence-corrected chi connectivity index (χ2v) is 6.31. The molecule has 130 valence electrons. The monoisotopic (exact) mass is 333 g/mol. The van der Waals surface area contributed by atoms with Gasteiger partial charge >= 0.3 is 0 Å². The molecule has 0 N–H and O–H groups in total. The first kappa shape index (κ1) is 18.8. The first-order valence-electron chi connectivity index (χ1n) is 9.16. The second-order valence-electron chi connectivity index (χ2n) is 6.31. The van der Waals surface area contributed by atoms with E-state index in [1.807, 2.05) is 42.5 Å². The molecule has 0 aliphatic heterocycles. The molecule has 0 amide bonds. The average molecular weight is 333 g/mol. The summed E-state index contributed by atoms with van der Waals surface area (Å²) in [6.45, 7) is 6.14. The van der Waals surface area contributed by atoms with Gasteiger partial charge in [0.15, 0.2) is 0 Å². The van der Waals surface area contributed by atoms with Crippen LogP contribution in [0.3, 0.4) is 0 Å². The predicted molar refractivity (Wildman–Crippen MR) is 105 cm³/mol. The predicted octanol–water partition coefficient (Wildman–Crippen LogP) is 6.52. The Morgan fingerprint density at radius 2 is 1.56 bits per heavy atom. The fraction of sp³-hybridized carbons (Fsp3) is 0.348. The van der Waals surface area contributed by atoms with Crippen molar-refractivity contribution >= 4 is 0 Å². The summed E-state index contributed by atoms with van der Waals surface area (Å²) in [4.78, 5) is 0. The van der Waals surface area contributed by atoms with Crippen molar-refractivity contribution in [3.05, 3.63) is 66.7 Å². The Hall–Kier alpha value is -2.53. The van der Waals surface area contributed by atoms with E-state index in [1.165, 1.54) is 32.1 Å². The molecule has 0 spiro atoms. The van der Waals surface area contributed by atoms with Gasteiger partial charge in [-0.1, -0.05) is 69.5 Å². The Kier molecular flexibility index (Phi) is 7.79. The van der Waals surface area contributed by atoms with E-state index in [0.29, 0.717) is 5.56 Å². The topological polar surface area (TPSA) is 33.0 Å². The summed E-state index contributed by atoms with van der Waals surface area (Å²) in [6.07, 6.45) is 9.32. The minimum Gasteiger partial charge on any atom is -0.486 e.